The summed E-state index contributed by atoms with van der Waals surface area (Å²) in [4.78, 5) is 3.78. The molecular weight excluding hydrogens is 248 g/mol. The van der Waals surface area contributed by atoms with E-state index in [4.69, 9.17) is 0 Å². The van der Waals surface area contributed by atoms with Crippen LogP contribution in [-0.4, -0.2) is 31.1 Å². The van der Waals surface area contributed by atoms with Gasteiger partial charge in [-0.2, -0.15) is 0 Å². The van der Waals surface area contributed by atoms with Crippen LogP contribution in [0.2, 0.25) is 0 Å². The smallest absolute Gasteiger partial charge is 0.0453 e. The van der Waals surface area contributed by atoms with Crippen molar-refractivity contribution in [1.29, 1.82) is 0 Å². The van der Waals surface area contributed by atoms with Crippen LogP contribution in [0.15, 0.2) is 17.5 Å². The molecule has 0 saturated heterocycles. The van der Waals surface area contributed by atoms with E-state index in [1.54, 1.807) is 0 Å². The zero-order valence-corrected chi connectivity index (χ0v) is 12.3. The Hall–Kier alpha value is -0.420. The molecule has 2 aromatic heterocycles. The van der Waals surface area contributed by atoms with Crippen LogP contribution in [-0.2, 0) is 6.54 Å². The van der Waals surface area contributed by atoms with Crippen LogP contribution in [0.25, 0.3) is 9.40 Å². The third-order valence-corrected chi connectivity index (χ3v) is 5.03. The van der Waals surface area contributed by atoms with Gasteiger partial charge >= 0.3 is 0 Å². The number of likely N-dealkylation sites (N-methyl/N-ethyl adjacent to an activating group) is 1. The molecule has 0 spiro atoms. The van der Waals surface area contributed by atoms with E-state index in [-0.39, 0.29) is 0 Å². The van der Waals surface area contributed by atoms with Gasteiger partial charge in [0.05, 0.1) is 0 Å². The standard InChI is InChI=1S/C13H20N2S2/c1-4-15(3)9-10(2)14-8-11-7-13-12(17-11)5-6-16-13/h5-7,10,14H,4,8-9H2,1-3H3. The minimum atomic E-state index is 0.542. The molecule has 0 amide bonds. The van der Waals surface area contributed by atoms with Crippen molar-refractivity contribution in [2.24, 2.45) is 0 Å². The monoisotopic (exact) mass is 268 g/mol. The third-order valence-electron chi connectivity index (χ3n) is 2.94. The van der Waals surface area contributed by atoms with E-state index in [2.05, 4.69) is 48.6 Å². The van der Waals surface area contributed by atoms with Crippen LogP contribution in [0.4, 0.5) is 0 Å². The summed E-state index contributed by atoms with van der Waals surface area (Å²) in [5.41, 5.74) is 0. The second-order valence-electron chi connectivity index (χ2n) is 4.50. The van der Waals surface area contributed by atoms with E-state index in [0.717, 1.165) is 19.6 Å². The number of thiophene rings is 2. The Balaban J connectivity index is 1.83. The molecule has 2 aromatic rings. The molecular formula is C13H20N2S2. The predicted octanol–water partition coefficient (Wildman–Crippen LogP) is 3.39. The molecule has 17 heavy (non-hydrogen) atoms. The van der Waals surface area contributed by atoms with E-state index < -0.39 is 0 Å². The zero-order chi connectivity index (χ0) is 12.3. The van der Waals surface area contributed by atoms with Gasteiger partial charge in [-0.15, -0.1) is 22.7 Å². The normalized spacial score (nSPS) is 13.6. The molecule has 94 valence electrons. The van der Waals surface area contributed by atoms with Gasteiger partial charge in [0.2, 0.25) is 0 Å². The Morgan fingerprint density at radius 3 is 2.94 bits per heavy atom. The fraction of sp³-hybridized carbons (Fsp3) is 0.538. The Bertz CT molecular complexity index is 432. The lowest BCUT2D eigenvalue weighted by Gasteiger charge is -2.20. The first-order valence-corrected chi connectivity index (χ1v) is 7.76. The minimum absolute atomic E-state index is 0.542. The summed E-state index contributed by atoms with van der Waals surface area (Å²) in [6.45, 7) is 7.66. The molecule has 0 radical (unpaired) electrons. The highest BCUT2D eigenvalue weighted by Crippen LogP contribution is 2.29. The molecule has 1 unspecified atom stereocenters. The first kappa shape index (κ1) is 13.0. The molecule has 2 heterocycles. The van der Waals surface area contributed by atoms with Crippen molar-refractivity contribution in [1.82, 2.24) is 10.2 Å². The van der Waals surface area contributed by atoms with Gasteiger partial charge in [-0.05, 0) is 38.0 Å². The van der Waals surface area contributed by atoms with E-state index in [9.17, 15) is 0 Å². The third kappa shape index (κ3) is 3.52. The number of hydrogen-bond donors (Lipinski definition) is 1. The maximum atomic E-state index is 3.59. The number of nitrogens with one attached hydrogen (secondary N) is 1. The molecule has 2 nitrogen and oxygen atoms in total. The topological polar surface area (TPSA) is 15.3 Å². The Morgan fingerprint density at radius 1 is 1.41 bits per heavy atom. The van der Waals surface area contributed by atoms with Crippen LogP contribution in [0.5, 0.6) is 0 Å². The maximum Gasteiger partial charge on any atom is 0.0453 e. The molecule has 0 aliphatic carbocycles. The average Bonchev–Trinajstić information content (AvgIpc) is 2.86. The summed E-state index contributed by atoms with van der Waals surface area (Å²) in [5.74, 6) is 0. The number of nitrogens with zero attached hydrogens (tertiary/aromatic N) is 1. The largest absolute Gasteiger partial charge is 0.308 e. The summed E-state index contributed by atoms with van der Waals surface area (Å²) in [7, 11) is 2.17. The molecule has 1 atom stereocenters. The van der Waals surface area contributed by atoms with Gasteiger partial charge in [-0.3, -0.25) is 0 Å². The van der Waals surface area contributed by atoms with Crippen molar-refractivity contribution in [3.63, 3.8) is 0 Å². The quantitative estimate of drug-likeness (QED) is 0.864. The summed E-state index contributed by atoms with van der Waals surface area (Å²) in [6, 6.07) is 5.07. The van der Waals surface area contributed by atoms with Gasteiger partial charge in [-0.25, -0.2) is 0 Å². The van der Waals surface area contributed by atoms with Gasteiger partial charge in [0.1, 0.15) is 0 Å². The zero-order valence-electron chi connectivity index (χ0n) is 10.7. The Kier molecular flexibility index (Phi) is 4.56. The molecule has 4 heteroatoms. The van der Waals surface area contributed by atoms with E-state index in [1.807, 2.05) is 22.7 Å². The van der Waals surface area contributed by atoms with Crippen LogP contribution in [0.1, 0.15) is 18.7 Å². The predicted molar refractivity (Wildman–Crippen MR) is 79.2 cm³/mol. The summed E-state index contributed by atoms with van der Waals surface area (Å²) in [5, 5.41) is 5.75. The summed E-state index contributed by atoms with van der Waals surface area (Å²) < 4.78 is 2.84. The second kappa shape index (κ2) is 5.96. The lowest BCUT2D eigenvalue weighted by atomic mass is 10.3. The fourth-order valence-electron chi connectivity index (χ4n) is 1.84. The summed E-state index contributed by atoms with van der Waals surface area (Å²) >= 11 is 3.74. The lowest BCUT2D eigenvalue weighted by Crippen LogP contribution is -2.36. The SMILES string of the molecule is CCN(C)CC(C)NCc1cc2sccc2s1. The van der Waals surface area contributed by atoms with Crippen LogP contribution in [0.3, 0.4) is 0 Å². The van der Waals surface area contributed by atoms with Crippen molar-refractivity contribution in [3.05, 3.63) is 22.4 Å². The fourth-order valence-corrected chi connectivity index (χ4v) is 3.92. The van der Waals surface area contributed by atoms with E-state index in [0.29, 0.717) is 6.04 Å². The van der Waals surface area contributed by atoms with Crippen molar-refractivity contribution < 1.29 is 0 Å². The van der Waals surface area contributed by atoms with Gasteiger partial charge < -0.3 is 10.2 Å². The Labute approximate surface area is 111 Å². The molecule has 0 saturated carbocycles. The second-order valence-corrected chi connectivity index (χ2v) is 6.61. The molecule has 0 bridgehead atoms. The van der Waals surface area contributed by atoms with E-state index in [1.165, 1.54) is 14.3 Å². The summed E-state index contributed by atoms with van der Waals surface area (Å²) in [6.07, 6.45) is 0. The van der Waals surface area contributed by atoms with E-state index >= 15 is 0 Å². The first-order valence-electron chi connectivity index (χ1n) is 6.07. The first-order chi connectivity index (χ1) is 8.19. The minimum Gasteiger partial charge on any atom is -0.308 e. The van der Waals surface area contributed by atoms with Gasteiger partial charge in [0, 0.05) is 33.4 Å². The number of rotatable bonds is 6. The van der Waals surface area contributed by atoms with Gasteiger partial charge in [0.15, 0.2) is 0 Å². The highest BCUT2D eigenvalue weighted by molar-refractivity contribution is 7.26. The molecule has 0 aliphatic heterocycles. The molecule has 0 aromatic carbocycles. The van der Waals surface area contributed by atoms with Crippen LogP contribution >= 0.6 is 22.7 Å². The van der Waals surface area contributed by atoms with Crippen molar-refractivity contribution >= 4 is 32.1 Å². The maximum absolute atomic E-state index is 3.59. The molecule has 0 fully saturated rings. The van der Waals surface area contributed by atoms with Crippen LogP contribution in [0, 0.1) is 0 Å². The van der Waals surface area contributed by atoms with Crippen molar-refractivity contribution in [2.75, 3.05) is 20.1 Å². The highest BCUT2D eigenvalue weighted by Gasteiger charge is 2.06. The molecule has 0 aliphatic rings. The number of hydrogen-bond acceptors (Lipinski definition) is 4. The average molecular weight is 268 g/mol. The Morgan fingerprint density at radius 2 is 2.24 bits per heavy atom. The lowest BCUT2D eigenvalue weighted by molar-refractivity contribution is 0.310. The van der Waals surface area contributed by atoms with Gasteiger partial charge in [0.25, 0.3) is 0 Å². The highest BCUT2D eigenvalue weighted by atomic mass is 32.1. The van der Waals surface area contributed by atoms with Gasteiger partial charge in [-0.1, -0.05) is 6.92 Å². The number of fused-ring (bicyclic) bond motifs is 1. The van der Waals surface area contributed by atoms with Crippen molar-refractivity contribution in [3.8, 4) is 0 Å². The van der Waals surface area contributed by atoms with Crippen molar-refractivity contribution in [2.45, 2.75) is 26.4 Å². The molecule has 1 N–H and O–H groups in total. The molecule has 2 rings (SSSR count). The van der Waals surface area contributed by atoms with Crippen LogP contribution < -0.4 is 5.32 Å².